The van der Waals surface area contributed by atoms with Crippen LogP contribution in [0.1, 0.15) is 18.5 Å². The van der Waals surface area contributed by atoms with E-state index in [1.165, 1.54) is 4.68 Å². The number of aliphatic hydroxyl groups excluding tert-OH is 1. The number of unbranched alkanes of at least 4 members (excludes halogenated alkanes) is 1. The number of hydrogen-bond donors (Lipinski definition) is 4. The van der Waals surface area contributed by atoms with Gasteiger partial charge in [0.05, 0.1) is 23.4 Å². The van der Waals surface area contributed by atoms with Crippen LogP contribution in [0.4, 0.5) is 0 Å². The average Bonchev–Trinajstić information content (AvgIpc) is 3.36. The maximum Gasteiger partial charge on any atom is 0.241 e. The van der Waals surface area contributed by atoms with E-state index in [-0.39, 0.29) is 30.5 Å². The van der Waals surface area contributed by atoms with E-state index in [9.17, 15) is 13.2 Å². The first kappa shape index (κ1) is 26.0. The Morgan fingerprint density at radius 3 is 2.39 bits per heavy atom. The molecule has 5 aromatic rings. The van der Waals surface area contributed by atoms with Gasteiger partial charge in [-0.15, -0.1) is 5.10 Å². The second-order valence-corrected chi connectivity index (χ2v) is 10.9. The summed E-state index contributed by atoms with van der Waals surface area (Å²) in [6.07, 6.45) is 2.88. The lowest BCUT2D eigenvalue weighted by Crippen LogP contribution is -2.30. The van der Waals surface area contributed by atoms with E-state index in [1.807, 2.05) is 42.5 Å². The molecule has 0 fully saturated rings. The summed E-state index contributed by atoms with van der Waals surface area (Å²) >= 11 is 0. The summed E-state index contributed by atoms with van der Waals surface area (Å²) in [4.78, 5) is 12.4. The molecule has 11 heteroatoms. The molecule has 1 aromatic heterocycles. The molecule has 0 saturated carbocycles. The number of hydrogen-bond acceptors (Lipinski definition) is 7. The summed E-state index contributed by atoms with van der Waals surface area (Å²) in [7, 11) is -3.71. The van der Waals surface area contributed by atoms with Gasteiger partial charge in [-0.2, -0.15) is 0 Å². The highest BCUT2D eigenvalue weighted by Gasteiger charge is 2.19. The minimum Gasteiger partial charge on any atom is -0.395 e. The average molecular weight is 535 g/mol. The number of aliphatic hydroxyl groups is 1. The number of benzene rings is 4. The van der Waals surface area contributed by atoms with Gasteiger partial charge in [0.2, 0.25) is 15.9 Å². The van der Waals surface area contributed by atoms with E-state index < -0.39 is 10.0 Å². The Labute approximate surface area is 220 Å². The van der Waals surface area contributed by atoms with Crippen LogP contribution in [0, 0.1) is 0 Å². The number of amides is 1. The Kier molecular flexibility index (Phi) is 7.79. The number of sulfonamides is 1. The van der Waals surface area contributed by atoms with E-state index in [0.29, 0.717) is 43.6 Å². The van der Waals surface area contributed by atoms with Crippen molar-refractivity contribution in [2.45, 2.75) is 30.8 Å². The van der Waals surface area contributed by atoms with Crippen LogP contribution in [0.3, 0.4) is 0 Å². The fourth-order valence-corrected chi connectivity index (χ4v) is 5.98. The van der Waals surface area contributed by atoms with Crippen LogP contribution in [-0.4, -0.2) is 60.7 Å². The van der Waals surface area contributed by atoms with Gasteiger partial charge in [0, 0.05) is 31.6 Å². The third kappa shape index (κ3) is 5.60. The fourth-order valence-electron chi connectivity index (χ4n) is 4.70. The monoisotopic (exact) mass is 534 g/mol. The normalized spacial score (nSPS) is 12.1. The first-order valence-corrected chi connectivity index (χ1v) is 14.1. The molecule has 0 radical (unpaired) electrons. The molecule has 4 aromatic carbocycles. The topological polar surface area (TPSA) is 138 Å². The van der Waals surface area contributed by atoms with Crippen molar-refractivity contribution in [3.8, 4) is 0 Å². The number of nitrogens with one attached hydrogen (secondary N) is 3. The Morgan fingerprint density at radius 1 is 0.895 bits per heavy atom. The molecule has 198 valence electrons. The fraction of sp³-hybridized carbons (Fsp3) is 0.296. The van der Waals surface area contributed by atoms with Gasteiger partial charge in [-0.05, 0) is 45.8 Å². The third-order valence-corrected chi connectivity index (χ3v) is 8.00. The molecule has 4 N–H and O–H groups in total. The van der Waals surface area contributed by atoms with E-state index in [4.69, 9.17) is 5.11 Å². The molecular weight excluding hydrogens is 504 g/mol. The molecule has 5 rings (SSSR count). The highest BCUT2D eigenvalue weighted by atomic mass is 32.2. The second kappa shape index (κ2) is 11.4. The first-order valence-electron chi connectivity index (χ1n) is 12.6. The first-order chi connectivity index (χ1) is 18.5. The lowest BCUT2D eigenvalue weighted by Gasteiger charge is -2.14. The molecule has 0 aliphatic heterocycles. The predicted molar refractivity (Wildman–Crippen MR) is 146 cm³/mol. The summed E-state index contributed by atoms with van der Waals surface area (Å²) in [5.41, 5.74) is 0.684. The van der Waals surface area contributed by atoms with Crippen LogP contribution in [-0.2, 0) is 27.9 Å². The third-order valence-electron chi connectivity index (χ3n) is 6.48. The van der Waals surface area contributed by atoms with E-state index in [1.54, 1.807) is 12.3 Å². The zero-order valence-corrected chi connectivity index (χ0v) is 21.7. The van der Waals surface area contributed by atoms with Crippen LogP contribution >= 0.6 is 0 Å². The molecule has 38 heavy (non-hydrogen) atoms. The lowest BCUT2D eigenvalue weighted by molar-refractivity contribution is -0.121. The number of rotatable bonds is 13. The van der Waals surface area contributed by atoms with Gasteiger partial charge in [-0.25, -0.2) is 17.8 Å². The van der Waals surface area contributed by atoms with E-state index in [2.05, 4.69) is 31.7 Å². The van der Waals surface area contributed by atoms with Crippen molar-refractivity contribution in [3.05, 3.63) is 66.5 Å². The molecule has 10 nitrogen and oxygen atoms in total. The van der Waals surface area contributed by atoms with Gasteiger partial charge < -0.3 is 15.7 Å². The van der Waals surface area contributed by atoms with Gasteiger partial charge in [-0.1, -0.05) is 53.7 Å². The van der Waals surface area contributed by atoms with Crippen LogP contribution < -0.4 is 15.4 Å². The van der Waals surface area contributed by atoms with Crippen LogP contribution in [0.5, 0.6) is 0 Å². The molecule has 0 aliphatic carbocycles. The van der Waals surface area contributed by atoms with Crippen molar-refractivity contribution in [2.24, 2.45) is 0 Å². The molecular formula is C27H30N6O4S. The van der Waals surface area contributed by atoms with E-state index >= 15 is 0 Å². The van der Waals surface area contributed by atoms with Crippen molar-refractivity contribution < 1.29 is 18.3 Å². The van der Waals surface area contributed by atoms with Crippen LogP contribution in [0.25, 0.3) is 32.3 Å². The van der Waals surface area contributed by atoms with Crippen molar-refractivity contribution in [1.29, 1.82) is 0 Å². The number of aromatic nitrogens is 3. The highest BCUT2D eigenvalue weighted by Crippen LogP contribution is 2.37. The van der Waals surface area contributed by atoms with Crippen molar-refractivity contribution >= 4 is 48.2 Å². The number of nitrogens with zero attached hydrogens (tertiary/aromatic N) is 3. The van der Waals surface area contributed by atoms with E-state index in [0.717, 1.165) is 26.9 Å². The Hall–Kier alpha value is -3.64. The van der Waals surface area contributed by atoms with Crippen LogP contribution in [0.15, 0.2) is 65.7 Å². The molecule has 0 bridgehead atoms. The summed E-state index contributed by atoms with van der Waals surface area (Å²) in [5.74, 6) is -0.195. The van der Waals surface area contributed by atoms with Gasteiger partial charge in [-0.3, -0.25) is 4.79 Å². The summed E-state index contributed by atoms with van der Waals surface area (Å²) in [6.45, 7) is 1.72. The predicted octanol–water partition coefficient (Wildman–Crippen LogP) is 2.13. The smallest absolute Gasteiger partial charge is 0.241 e. The maximum absolute atomic E-state index is 13.2. The zero-order chi connectivity index (χ0) is 26.5. The van der Waals surface area contributed by atoms with Gasteiger partial charge in [0.15, 0.2) is 0 Å². The minimum absolute atomic E-state index is 0.0397. The van der Waals surface area contributed by atoms with Crippen molar-refractivity contribution in [3.63, 3.8) is 0 Å². The summed E-state index contributed by atoms with van der Waals surface area (Å²) < 4.78 is 30.6. The second-order valence-electron chi connectivity index (χ2n) is 9.18. The molecule has 1 amide bonds. The van der Waals surface area contributed by atoms with Crippen molar-refractivity contribution in [1.82, 2.24) is 30.3 Å². The standard InChI is InChI=1S/C27H30N6O4S/c34-15-14-28-16-22-17-33(32-31-22)18-25(35)29-12-1-2-13-30-38(36,37)24-11-9-21-7-6-19-4-3-5-20-8-10-23(24)27(21)26(19)20/h3-11,17,28,30,34H,1-2,12-16,18H2,(H,29,35). The Morgan fingerprint density at radius 2 is 1.61 bits per heavy atom. The SMILES string of the molecule is O=C(Cn1cc(CNCCO)nn1)NCCCCNS(=O)(=O)c1ccc2ccc3cccc4ccc1c2c34. The minimum atomic E-state index is -3.71. The van der Waals surface area contributed by atoms with Gasteiger partial charge >= 0.3 is 0 Å². The van der Waals surface area contributed by atoms with Gasteiger partial charge in [0.25, 0.3) is 0 Å². The number of carbonyl (C=O) groups is 1. The molecule has 0 spiro atoms. The van der Waals surface area contributed by atoms with Crippen molar-refractivity contribution in [2.75, 3.05) is 26.2 Å². The molecule has 0 unspecified atom stereocenters. The largest absolute Gasteiger partial charge is 0.395 e. The number of carbonyl (C=O) groups excluding carboxylic acids is 1. The van der Waals surface area contributed by atoms with Gasteiger partial charge in [0.1, 0.15) is 6.54 Å². The molecule has 0 saturated heterocycles. The molecule has 1 heterocycles. The zero-order valence-electron chi connectivity index (χ0n) is 20.9. The molecule has 0 aliphatic rings. The summed E-state index contributed by atoms with van der Waals surface area (Å²) in [6, 6.07) is 17.6. The summed E-state index contributed by atoms with van der Waals surface area (Å²) in [5, 5.41) is 28.5. The maximum atomic E-state index is 13.2. The Balaban J connectivity index is 1.12. The lowest BCUT2D eigenvalue weighted by atomic mass is 9.94. The highest BCUT2D eigenvalue weighted by molar-refractivity contribution is 7.89. The van der Waals surface area contributed by atoms with Crippen LogP contribution in [0.2, 0.25) is 0 Å². The quantitative estimate of drug-likeness (QED) is 0.134. The molecule has 0 atom stereocenters. The Bertz CT molecular complexity index is 1650.